The van der Waals surface area contributed by atoms with E-state index in [1.165, 1.54) is 22.9 Å². The summed E-state index contributed by atoms with van der Waals surface area (Å²) in [5, 5.41) is 7.74. The van der Waals surface area contributed by atoms with Crippen LogP contribution in [0.3, 0.4) is 0 Å². The van der Waals surface area contributed by atoms with Gasteiger partial charge in [-0.2, -0.15) is 5.10 Å². The van der Waals surface area contributed by atoms with Gasteiger partial charge in [-0.1, -0.05) is 23.9 Å². The van der Waals surface area contributed by atoms with E-state index in [0.29, 0.717) is 5.03 Å². The number of thioether (sulfide) groups is 1. The first-order valence-corrected chi connectivity index (χ1v) is 10.2. The van der Waals surface area contributed by atoms with Gasteiger partial charge in [0.05, 0.1) is 17.0 Å². The van der Waals surface area contributed by atoms with Crippen molar-refractivity contribution in [2.45, 2.75) is 18.9 Å². The molecular formula is C22H18F2N4OS. The van der Waals surface area contributed by atoms with Gasteiger partial charge < -0.3 is 5.32 Å². The lowest BCUT2D eigenvalue weighted by Gasteiger charge is -2.06. The number of nitrogens with one attached hydrogen (secondary N) is 1. The minimum Gasteiger partial charge on any atom is -0.325 e. The van der Waals surface area contributed by atoms with Gasteiger partial charge in [-0.3, -0.25) is 4.79 Å². The fourth-order valence-electron chi connectivity index (χ4n) is 3.01. The highest BCUT2D eigenvalue weighted by atomic mass is 32.2. The molecule has 0 unspecified atom stereocenters. The lowest BCUT2D eigenvalue weighted by atomic mass is 10.0. The summed E-state index contributed by atoms with van der Waals surface area (Å²) in [5.74, 6) is -1.85. The molecule has 0 spiro atoms. The minimum atomic E-state index is -0.748. The van der Waals surface area contributed by atoms with Gasteiger partial charge in [-0.15, -0.1) is 0 Å². The smallest absolute Gasteiger partial charge is 0.234 e. The standard InChI is InChI=1S/C22H18F2N4OS/c1-13-3-4-15(7-14(13)2)19-11-20-22(25-5-6-28(20)27-19)30-12-21(29)26-18-9-16(23)8-17(24)10-18/h3-11H,12H2,1-2H3,(H,26,29). The molecular weight excluding hydrogens is 406 g/mol. The average molecular weight is 424 g/mol. The number of aryl methyl sites for hydroxylation is 2. The van der Waals surface area contributed by atoms with Crippen molar-refractivity contribution in [2.75, 3.05) is 11.1 Å². The number of benzene rings is 2. The monoisotopic (exact) mass is 424 g/mol. The quantitative estimate of drug-likeness (QED) is 0.457. The molecule has 0 bridgehead atoms. The molecule has 0 saturated carbocycles. The summed E-state index contributed by atoms with van der Waals surface area (Å²) < 4.78 is 28.3. The second-order valence-electron chi connectivity index (χ2n) is 6.89. The number of halogens is 2. The van der Waals surface area contributed by atoms with E-state index in [0.717, 1.165) is 35.0 Å². The Balaban J connectivity index is 1.52. The van der Waals surface area contributed by atoms with E-state index in [9.17, 15) is 13.6 Å². The van der Waals surface area contributed by atoms with Crippen LogP contribution in [0.4, 0.5) is 14.5 Å². The predicted octanol–water partition coefficient (Wildman–Crippen LogP) is 5.02. The highest BCUT2D eigenvalue weighted by Gasteiger charge is 2.12. The summed E-state index contributed by atoms with van der Waals surface area (Å²) in [4.78, 5) is 16.6. The normalized spacial score (nSPS) is 11.1. The molecule has 8 heteroatoms. The summed E-state index contributed by atoms with van der Waals surface area (Å²) in [7, 11) is 0. The van der Waals surface area contributed by atoms with Gasteiger partial charge in [0.1, 0.15) is 16.7 Å². The van der Waals surface area contributed by atoms with Crippen molar-refractivity contribution < 1.29 is 13.6 Å². The Morgan fingerprint density at radius 3 is 2.57 bits per heavy atom. The van der Waals surface area contributed by atoms with Crippen molar-refractivity contribution in [1.82, 2.24) is 14.6 Å². The van der Waals surface area contributed by atoms with Gasteiger partial charge in [0.2, 0.25) is 5.91 Å². The van der Waals surface area contributed by atoms with E-state index in [4.69, 9.17) is 0 Å². The number of hydrogen-bond acceptors (Lipinski definition) is 4. The molecule has 0 atom stereocenters. The van der Waals surface area contributed by atoms with Gasteiger partial charge in [0.15, 0.2) is 0 Å². The molecule has 0 aliphatic heterocycles. The average Bonchev–Trinajstić information content (AvgIpc) is 3.12. The van der Waals surface area contributed by atoms with Gasteiger partial charge in [0.25, 0.3) is 0 Å². The number of fused-ring (bicyclic) bond motifs is 1. The Morgan fingerprint density at radius 2 is 1.83 bits per heavy atom. The summed E-state index contributed by atoms with van der Waals surface area (Å²) in [6.45, 7) is 4.12. The Hall–Kier alpha value is -3.26. The van der Waals surface area contributed by atoms with Gasteiger partial charge >= 0.3 is 0 Å². The summed E-state index contributed by atoms with van der Waals surface area (Å²) >= 11 is 1.23. The third-order valence-corrected chi connectivity index (χ3v) is 5.64. The Labute approximate surface area is 176 Å². The molecule has 2 aromatic carbocycles. The van der Waals surface area contributed by atoms with Crippen LogP contribution in [-0.4, -0.2) is 26.3 Å². The van der Waals surface area contributed by atoms with Crippen molar-refractivity contribution in [3.8, 4) is 11.3 Å². The number of carbonyl (C=O) groups is 1. The SMILES string of the molecule is Cc1ccc(-c2cc3c(SCC(=O)Nc4cc(F)cc(F)c4)nccn3n2)cc1C. The highest BCUT2D eigenvalue weighted by molar-refractivity contribution is 8.00. The number of hydrogen-bond donors (Lipinski definition) is 1. The zero-order valence-electron chi connectivity index (χ0n) is 16.3. The Morgan fingerprint density at radius 1 is 1.07 bits per heavy atom. The van der Waals surface area contributed by atoms with E-state index in [-0.39, 0.29) is 17.3 Å². The molecule has 1 amide bonds. The van der Waals surface area contributed by atoms with E-state index in [1.54, 1.807) is 16.9 Å². The van der Waals surface area contributed by atoms with E-state index < -0.39 is 11.6 Å². The van der Waals surface area contributed by atoms with Crippen LogP contribution in [0.1, 0.15) is 11.1 Å². The summed E-state index contributed by atoms with van der Waals surface area (Å²) in [6, 6.07) is 11.0. The summed E-state index contributed by atoms with van der Waals surface area (Å²) in [5.41, 5.74) is 5.06. The van der Waals surface area contributed by atoms with Crippen molar-refractivity contribution in [3.05, 3.63) is 77.6 Å². The van der Waals surface area contributed by atoms with Gasteiger partial charge in [0, 0.05) is 29.7 Å². The molecule has 2 heterocycles. The van der Waals surface area contributed by atoms with Crippen molar-refractivity contribution in [2.24, 2.45) is 0 Å². The van der Waals surface area contributed by atoms with Crippen LogP contribution >= 0.6 is 11.8 Å². The van der Waals surface area contributed by atoms with Crippen LogP contribution in [0.2, 0.25) is 0 Å². The van der Waals surface area contributed by atoms with E-state index in [2.05, 4.69) is 41.4 Å². The molecule has 2 aromatic heterocycles. The maximum atomic E-state index is 13.3. The second kappa shape index (κ2) is 8.23. The van der Waals surface area contributed by atoms with Crippen molar-refractivity contribution in [1.29, 1.82) is 0 Å². The third-order valence-electron chi connectivity index (χ3n) is 4.64. The molecule has 0 aliphatic carbocycles. The molecule has 1 N–H and O–H groups in total. The van der Waals surface area contributed by atoms with Gasteiger partial charge in [-0.05, 0) is 49.2 Å². The lowest BCUT2D eigenvalue weighted by molar-refractivity contribution is -0.113. The first-order chi connectivity index (χ1) is 14.4. The largest absolute Gasteiger partial charge is 0.325 e. The molecule has 4 rings (SSSR count). The lowest BCUT2D eigenvalue weighted by Crippen LogP contribution is -2.14. The fraction of sp³-hybridized carbons (Fsp3) is 0.136. The minimum absolute atomic E-state index is 0.0367. The van der Waals surface area contributed by atoms with Crippen molar-refractivity contribution >= 4 is 28.9 Å². The zero-order valence-corrected chi connectivity index (χ0v) is 17.1. The Kier molecular flexibility index (Phi) is 5.50. The maximum Gasteiger partial charge on any atom is 0.234 e. The van der Waals surface area contributed by atoms with Crippen LogP contribution in [-0.2, 0) is 4.79 Å². The van der Waals surface area contributed by atoms with Gasteiger partial charge in [-0.25, -0.2) is 18.3 Å². The first-order valence-electron chi connectivity index (χ1n) is 9.20. The molecule has 0 aliphatic rings. The topological polar surface area (TPSA) is 59.3 Å². The number of nitrogens with zero attached hydrogens (tertiary/aromatic N) is 3. The number of rotatable bonds is 5. The first kappa shape index (κ1) is 20.0. The Bertz CT molecular complexity index is 1240. The molecule has 0 fully saturated rings. The molecule has 4 aromatic rings. The molecule has 5 nitrogen and oxygen atoms in total. The number of amides is 1. The van der Waals surface area contributed by atoms with Crippen LogP contribution in [0.15, 0.2) is 59.9 Å². The van der Waals surface area contributed by atoms with E-state index >= 15 is 0 Å². The van der Waals surface area contributed by atoms with Crippen LogP contribution in [0.25, 0.3) is 16.8 Å². The molecule has 0 radical (unpaired) electrons. The molecule has 0 saturated heterocycles. The third kappa shape index (κ3) is 4.33. The molecule has 152 valence electrons. The summed E-state index contributed by atoms with van der Waals surface area (Å²) in [6.07, 6.45) is 3.37. The van der Waals surface area contributed by atoms with Crippen LogP contribution in [0, 0.1) is 25.5 Å². The van der Waals surface area contributed by atoms with Crippen molar-refractivity contribution in [3.63, 3.8) is 0 Å². The number of carbonyl (C=O) groups excluding carboxylic acids is 1. The number of aromatic nitrogens is 3. The second-order valence-corrected chi connectivity index (χ2v) is 7.85. The maximum absolute atomic E-state index is 13.3. The van der Waals surface area contributed by atoms with E-state index in [1.807, 2.05) is 12.1 Å². The highest BCUT2D eigenvalue weighted by Crippen LogP contribution is 2.27. The van der Waals surface area contributed by atoms with Crippen LogP contribution < -0.4 is 5.32 Å². The fourth-order valence-corrected chi connectivity index (χ4v) is 3.78. The zero-order chi connectivity index (χ0) is 21.3. The van der Waals surface area contributed by atoms with Crippen LogP contribution in [0.5, 0.6) is 0 Å². The molecule has 30 heavy (non-hydrogen) atoms. The predicted molar refractivity (Wildman–Crippen MR) is 114 cm³/mol. The number of anilines is 1.